The topological polar surface area (TPSA) is 43.7 Å². The third-order valence-electron chi connectivity index (χ3n) is 10.0. The third-order valence-corrected chi connectivity index (χ3v) is 10.0. The third kappa shape index (κ3) is 1.61. The van der Waals surface area contributed by atoms with Crippen molar-refractivity contribution in [1.29, 1.82) is 0 Å². The first-order valence-electron chi connectivity index (χ1n) is 11.6. The molecule has 4 nitrogen and oxygen atoms in total. The van der Waals surface area contributed by atoms with Gasteiger partial charge in [-0.15, -0.1) is 0 Å². The van der Waals surface area contributed by atoms with Crippen LogP contribution in [0, 0.1) is 17.8 Å². The van der Waals surface area contributed by atoms with Crippen molar-refractivity contribution in [3.63, 3.8) is 0 Å². The number of unbranched alkanes of at least 4 members (excludes halogenated alkanes) is 1. The van der Waals surface area contributed by atoms with Crippen molar-refractivity contribution < 1.29 is 14.7 Å². The van der Waals surface area contributed by atoms with Gasteiger partial charge in [0.2, 0.25) is 0 Å². The zero-order valence-electron chi connectivity index (χ0n) is 17.5. The van der Waals surface area contributed by atoms with E-state index in [4.69, 9.17) is 0 Å². The zero-order valence-corrected chi connectivity index (χ0v) is 17.5. The number of hydrogen-bond acceptors (Lipinski definition) is 3. The molecule has 1 spiro atoms. The number of aliphatic hydroxyl groups is 2. The minimum absolute atomic E-state index is 0.129. The lowest BCUT2D eigenvalue weighted by Crippen LogP contribution is -2.83. The summed E-state index contributed by atoms with van der Waals surface area (Å²) in [6.45, 7) is 5.59. The van der Waals surface area contributed by atoms with Crippen molar-refractivity contribution in [2.24, 2.45) is 17.8 Å². The minimum atomic E-state index is -0.272. The summed E-state index contributed by atoms with van der Waals surface area (Å²) < 4.78 is 0.884. The number of quaternary nitrogens is 1. The molecule has 0 aromatic heterocycles. The molecule has 4 saturated heterocycles. The number of likely N-dealkylation sites (N-methyl/N-ethyl adjacent to an activating group) is 1. The van der Waals surface area contributed by atoms with Crippen molar-refractivity contribution in [3.8, 4) is 0 Å². The van der Waals surface area contributed by atoms with Gasteiger partial charge in [0.15, 0.2) is 6.23 Å². The first kappa shape index (κ1) is 17.7. The van der Waals surface area contributed by atoms with Gasteiger partial charge in [0, 0.05) is 37.4 Å². The maximum absolute atomic E-state index is 12.0. The predicted molar refractivity (Wildman–Crippen MR) is 110 cm³/mol. The van der Waals surface area contributed by atoms with Crippen LogP contribution in [0.1, 0.15) is 51.5 Å². The molecule has 0 amide bonds. The lowest BCUT2D eigenvalue weighted by Gasteiger charge is -2.68. The maximum atomic E-state index is 12.0. The molecule has 5 unspecified atom stereocenters. The molecule has 28 heavy (non-hydrogen) atoms. The van der Waals surface area contributed by atoms with Crippen LogP contribution in [0.2, 0.25) is 0 Å². The van der Waals surface area contributed by atoms with Gasteiger partial charge in [-0.2, -0.15) is 0 Å². The van der Waals surface area contributed by atoms with Crippen LogP contribution in [0.3, 0.4) is 0 Å². The van der Waals surface area contributed by atoms with Gasteiger partial charge < -0.3 is 15.1 Å². The molecule has 1 aromatic carbocycles. The standard InChI is InChI=1S/C24H35N2O2/c1-4-6-11-26-18-12-15(14(5-2)23(26)28)20-19(26)13-24(22(20)27)16-9-7-8-10-17(16)25(3)21(18)24/h7-10,14-15,18-23,27-28H,4-6,11-13H2,1-3H3/q+1/t14?,15-,18?,19-,20-,21?,22-,23+,24?,26?/m0/s1. The van der Waals surface area contributed by atoms with Crippen molar-refractivity contribution in [1.82, 2.24) is 0 Å². The molecule has 1 aliphatic carbocycles. The van der Waals surface area contributed by atoms with Crippen LogP contribution in [0.25, 0.3) is 0 Å². The molecule has 2 N–H and O–H groups in total. The minimum Gasteiger partial charge on any atom is -0.392 e. The summed E-state index contributed by atoms with van der Waals surface area (Å²) in [5.41, 5.74) is 2.56. The Bertz CT molecular complexity index is 814. The molecule has 5 heterocycles. The molecule has 5 fully saturated rings. The number of rotatable bonds is 4. The number of piperidine rings is 4. The smallest absolute Gasteiger partial charge is 0.194 e. The zero-order chi connectivity index (χ0) is 19.4. The number of fused-ring (bicyclic) bond motifs is 2. The molecule has 6 aliphatic rings. The summed E-state index contributed by atoms with van der Waals surface area (Å²) in [6.07, 6.45) is 5.09. The van der Waals surface area contributed by atoms with Gasteiger partial charge in [0.1, 0.15) is 6.04 Å². The molecule has 152 valence electrons. The summed E-state index contributed by atoms with van der Waals surface area (Å²) in [6, 6.07) is 10.00. The summed E-state index contributed by atoms with van der Waals surface area (Å²) in [5.74, 6) is 1.18. The molecule has 4 heteroatoms. The Kier molecular flexibility index (Phi) is 3.50. The number of anilines is 1. The first-order valence-corrected chi connectivity index (χ1v) is 11.6. The fourth-order valence-electron chi connectivity index (χ4n) is 9.27. The average Bonchev–Trinajstić information content (AvgIpc) is 3.09. The normalized spacial score (nSPS) is 52.2. The molecule has 5 bridgehead atoms. The van der Waals surface area contributed by atoms with Crippen molar-refractivity contribution in [3.05, 3.63) is 29.8 Å². The maximum Gasteiger partial charge on any atom is 0.194 e. The van der Waals surface area contributed by atoms with Gasteiger partial charge >= 0.3 is 0 Å². The van der Waals surface area contributed by atoms with E-state index in [9.17, 15) is 10.2 Å². The highest BCUT2D eigenvalue weighted by Crippen LogP contribution is 2.71. The number of para-hydroxylation sites is 1. The quantitative estimate of drug-likeness (QED) is 0.786. The van der Waals surface area contributed by atoms with Crippen LogP contribution in [-0.2, 0) is 5.41 Å². The Morgan fingerprint density at radius 2 is 1.96 bits per heavy atom. The monoisotopic (exact) mass is 383 g/mol. The van der Waals surface area contributed by atoms with Gasteiger partial charge in [0.05, 0.1) is 30.1 Å². The predicted octanol–water partition coefficient (Wildman–Crippen LogP) is 2.87. The highest BCUT2D eigenvalue weighted by Gasteiger charge is 2.82. The summed E-state index contributed by atoms with van der Waals surface area (Å²) in [5, 5.41) is 23.7. The van der Waals surface area contributed by atoms with E-state index < -0.39 is 0 Å². The second-order valence-corrected chi connectivity index (χ2v) is 10.4. The van der Waals surface area contributed by atoms with Crippen LogP contribution in [-0.4, -0.2) is 58.7 Å². The van der Waals surface area contributed by atoms with Crippen molar-refractivity contribution in [2.45, 2.75) is 81.8 Å². The van der Waals surface area contributed by atoms with Crippen LogP contribution in [0.5, 0.6) is 0 Å². The Morgan fingerprint density at radius 1 is 1.18 bits per heavy atom. The molecule has 1 saturated carbocycles. The summed E-state index contributed by atoms with van der Waals surface area (Å²) >= 11 is 0. The lowest BCUT2D eigenvalue weighted by molar-refractivity contribution is -1.04. The van der Waals surface area contributed by atoms with Crippen molar-refractivity contribution in [2.75, 3.05) is 18.5 Å². The number of nitrogens with zero attached hydrogens (tertiary/aromatic N) is 2. The van der Waals surface area contributed by atoms with E-state index in [0.29, 0.717) is 35.9 Å². The number of benzene rings is 1. The molecule has 0 radical (unpaired) electrons. The molecule has 1 aromatic rings. The van der Waals surface area contributed by atoms with Crippen LogP contribution in [0.15, 0.2) is 24.3 Å². The van der Waals surface area contributed by atoms with E-state index >= 15 is 0 Å². The van der Waals surface area contributed by atoms with E-state index in [1.807, 2.05) is 0 Å². The van der Waals surface area contributed by atoms with E-state index in [-0.39, 0.29) is 17.7 Å². The summed E-state index contributed by atoms with van der Waals surface area (Å²) in [7, 11) is 2.24. The van der Waals surface area contributed by atoms with E-state index in [1.54, 1.807) is 0 Å². The molecule has 10 atom stereocenters. The van der Waals surface area contributed by atoms with Gasteiger partial charge in [-0.05, 0) is 30.4 Å². The van der Waals surface area contributed by atoms with E-state index in [1.165, 1.54) is 30.5 Å². The second-order valence-electron chi connectivity index (χ2n) is 10.4. The largest absolute Gasteiger partial charge is 0.392 e. The van der Waals surface area contributed by atoms with Crippen LogP contribution < -0.4 is 4.90 Å². The Hall–Kier alpha value is -1.10. The van der Waals surface area contributed by atoms with E-state index in [0.717, 1.165) is 23.9 Å². The molecular formula is C24H35N2O2+. The molecule has 7 rings (SSSR count). The van der Waals surface area contributed by atoms with Gasteiger partial charge in [-0.1, -0.05) is 38.5 Å². The highest BCUT2D eigenvalue weighted by atomic mass is 16.3. The number of aliphatic hydroxyl groups excluding tert-OH is 2. The summed E-state index contributed by atoms with van der Waals surface area (Å²) in [4.78, 5) is 2.49. The lowest BCUT2D eigenvalue weighted by atomic mass is 9.60. The number of hydrogen-bond donors (Lipinski definition) is 2. The highest BCUT2D eigenvalue weighted by molar-refractivity contribution is 5.66. The molecule has 5 aliphatic heterocycles. The Morgan fingerprint density at radius 3 is 2.71 bits per heavy atom. The Labute approximate surface area is 168 Å². The fourth-order valence-corrected chi connectivity index (χ4v) is 9.27. The second kappa shape index (κ2) is 5.53. The van der Waals surface area contributed by atoms with Gasteiger partial charge in [-0.25, -0.2) is 0 Å². The SMILES string of the molecule is CCCC[N+]12C3C[C@@H](C(CC)[C@H]1O)[C@@H]1[C@H](O)C4(C[C@@H]12)c1ccccc1N(C)C34. The van der Waals surface area contributed by atoms with Crippen LogP contribution in [0.4, 0.5) is 5.69 Å². The first-order chi connectivity index (χ1) is 13.5. The van der Waals surface area contributed by atoms with E-state index in [2.05, 4.69) is 50.1 Å². The van der Waals surface area contributed by atoms with Gasteiger partial charge in [0.25, 0.3) is 0 Å². The van der Waals surface area contributed by atoms with Crippen molar-refractivity contribution >= 4 is 5.69 Å². The van der Waals surface area contributed by atoms with Gasteiger partial charge in [-0.3, -0.25) is 4.48 Å². The van der Waals surface area contributed by atoms with Crippen LogP contribution >= 0.6 is 0 Å². The molecular weight excluding hydrogens is 348 g/mol. The average molecular weight is 384 g/mol. The fraction of sp³-hybridized carbons (Fsp3) is 0.750. The Balaban J connectivity index is 1.59.